The third-order valence-electron chi connectivity index (χ3n) is 3.59. The second-order valence-corrected chi connectivity index (χ2v) is 5.22. The molecule has 1 saturated heterocycles. The number of fused-ring (bicyclic) bond motifs is 1. The number of benzene rings is 1. The van der Waals surface area contributed by atoms with Crippen molar-refractivity contribution in [1.82, 2.24) is 9.97 Å². The second-order valence-electron chi connectivity index (χ2n) is 4.78. The van der Waals surface area contributed by atoms with Crippen molar-refractivity contribution in [2.45, 2.75) is 18.9 Å². The Balaban J connectivity index is 1.84. The highest BCUT2D eigenvalue weighted by atomic mass is 35.5. The third-order valence-corrected chi connectivity index (χ3v) is 3.83. The Kier molecular flexibility index (Phi) is 3.53. The topological polar surface area (TPSA) is 38.2 Å². The zero-order valence-corrected chi connectivity index (χ0v) is 11.6. The van der Waals surface area contributed by atoms with E-state index >= 15 is 0 Å². The first-order valence-electron chi connectivity index (χ1n) is 6.46. The van der Waals surface area contributed by atoms with Crippen LogP contribution in [0.5, 0.6) is 0 Å². The molecule has 0 unspecified atom stereocenters. The molecule has 1 aromatic carbocycles. The summed E-state index contributed by atoms with van der Waals surface area (Å²) in [5, 5.41) is 0.690. The zero-order chi connectivity index (χ0) is 13.2. The third kappa shape index (κ3) is 2.65. The van der Waals surface area contributed by atoms with Gasteiger partial charge >= 0.3 is 0 Å². The van der Waals surface area contributed by atoms with Crippen LogP contribution in [0.3, 0.4) is 0 Å². The average Bonchev–Trinajstić information content (AvgIpc) is 2.47. The number of nitrogens with zero attached hydrogens (tertiary/aromatic N) is 3. The van der Waals surface area contributed by atoms with Crippen LogP contribution in [0.4, 0.5) is 5.82 Å². The van der Waals surface area contributed by atoms with Gasteiger partial charge in [-0.15, -0.1) is 0 Å². The van der Waals surface area contributed by atoms with E-state index in [4.69, 9.17) is 16.3 Å². The minimum atomic E-state index is 0.378. The van der Waals surface area contributed by atoms with Gasteiger partial charge in [-0.3, -0.25) is 4.98 Å². The highest BCUT2D eigenvalue weighted by Crippen LogP contribution is 2.22. The molecule has 1 fully saturated rings. The normalized spacial score (nSPS) is 17.1. The van der Waals surface area contributed by atoms with Crippen molar-refractivity contribution in [2.24, 2.45) is 0 Å². The summed E-state index contributed by atoms with van der Waals surface area (Å²) >= 11 is 5.95. The van der Waals surface area contributed by atoms with E-state index in [1.54, 1.807) is 7.11 Å². The van der Waals surface area contributed by atoms with Crippen molar-refractivity contribution in [3.8, 4) is 0 Å². The van der Waals surface area contributed by atoms with E-state index in [2.05, 4.69) is 14.9 Å². The molecule has 0 N–H and O–H groups in total. The number of aromatic nitrogens is 2. The summed E-state index contributed by atoms with van der Waals surface area (Å²) in [6.45, 7) is 1.93. The Hall–Kier alpha value is -1.39. The largest absolute Gasteiger partial charge is 0.381 e. The predicted molar refractivity (Wildman–Crippen MR) is 76.8 cm³/mol. The van der Waals surface area contributed by atoms with Gasteiger partial charge in [0.05, 0.1) is 23.3 Å². The summed E-state index contributed by atoms with van der Waals surface area (Å²) in [5.74, 6) is 0.935. The van der Waals surface area contributed by atoms with Crippen LogP contribution in [-0.2, 0) is 4.74 Å². The van der Waals surface area contributed by atoms with Crippen molar-refractivity contribution in [2.75, 3.05) is 25.1 Å². The molecule has 2 aromatic rings. The van der Waals surface area contributed by atoms with Crippen molar-refractivity contribution in [3.05, 3.63) is 29.4 Å². The van der Waals surface area contributed by atoms with Gasteiger partial charge in [-0.1, -0.05) is 11.6 Å². The van der Waals surface area contributed by atoms with E-state index in [9.17, 15) is 0 Å². The molecule has 3 rings (SSSR count). The fourth-order valence-electron chi connectivity index (χ4n) is 2.45. The van der Waals surface area contributed by atoms with Gasteiger partial charge in [0.2, 0.25) is 0 Å². The van der Waals surface area contributed by atoms with Gasteiger partial charge < -0.3 is 9.64 Å². The molecule has 100 valence electrons. The smallest absolute Gasteiger partial charge is 0.147 e. The quantitative estimate of drug-likeness (QED) is 0.846. The molecule has 0 saturated carbocycles. The first-order valence-corrected chi connectivity index (χ1v) is 6.84. The first kappa shape index (κ1) is 12.6. The molecule has 1 aromatic heterocycles. The molecule has 5 heteroatoms. The van der Waals surface area contributed by atoms with Gasteiger partial charge in [-0.05, 0) is 31.0 Å². The van der Waals surface area contributed by atoms with Crippen LogP contribution in [0.15, 0.2) is 24.4 Å². The highest BCUT2D eigenvalue weighted by Gasteiger charge is 2.20. The predicted octanol–water partition coefficient (Wildman–Crippen LogP) is 2.90. The maximum absolute atomic E-state index is 5.95. The minimum absolute atomic E-state index is 0.378. The maximum atomic E-state index is 5.95. The lowest BCUT2D eigenvalue weighted by molar-refractivity contribution is 0.0818. The molecule has 1 aliphatic rings. The second kappa shape index (κ2) is 5.31. The van der Waals surface area contributed by atoms with Crippen LogP contribution in [0.25, 0.3) is 11.0 Å². The molecule has 0 amide bonds. The summed E-state index contributed by atoms with van der Waals surface area (Å²) in [7, 11) is 1.78. The van der Waals surface area contributed by atoms with Crippen LogP contribution >= 0.6 is 11.6 Å². The lowest BCUT2D eigenvalue weighted by Crippen LogP contribution is -2.37. The highest BCUT2D eigenvalue weighted by molar-refractivity contribution is 6.31. The Morgan fingerprint density at radius 1 is 1.26 bits per heavy atom. The Morgan fingerprint density at radius 2 is 2.05 bits per heavy atom. The van der Waals surface area contributed by atoms with Crippen LogP contribution in [0, 0.1) is 0 Å². The Labute approximate surface area is 117 Å². The fourth-order valence-corrected chi connectivity index (χ4v) is 2.61. The Bertz CT molecular complexity index is 582. The zero-order valence-electron chi connectivity index (χ0n) is 10.8. The number of anilines is 1. The number of methoxy groups -OCH3 is 1. The van der Waals surface area contributed by atoms with E-state index < -0.39 is 0 Å². The molecule has 1 aliphatic heterocycles. The molecular formula is C14H16ClN3O. The number of hydrogen-bond acceptors (Lipinski definition) is 4. The van der Waals surface area contributed by atoms with E-state index in [-0.39, 0.29) is 0 Å². The number of piperidine rings is 1. The Morgan fingerprint density at radius 3 is 2.79 bits per heavy atom. The fraction of sp³-hybridized carbons (Fsp3) is 0.429. The molecule has 2 heterocycles. The number of halogens is 1. The molecule has 4 nitrogen and oxygen atoms in total. The molecular weight excluding hydrogens is 262 g/mol. The number of ether oxygens (including phenoxy) is 1. The van der Waals surface area contributed by atoms with Crippen molar-refractivity contribution < 1.29 is 4.74 Å². The van der Waals surface area contributed by atoms with Gasteiger partial charge in [0.15, 0.2) is 0 Å². The lowest BCUT2D eigenvalue weighted by Gasteiger charge is -2.31. The van der Waals surface area contributed by atoms with Gasteiger partial charge in [0, 0.05) is 25.2 Å². The van der Waals surface area contributed by atoms with Crippen molar-refractivity contribution in [3.63, 3.8) is 0 Å². The monoisotopic (exact) mass is 277 g/mol. The summed E-state index contributed by atoms with van der Waals surface area (Å²) in [6, 6.07) is 5.60. The van der Waals surface area contributed by atoms with Gasteiger partial charge in [-0.25, -0.2) is 4.98 Å². The van der Waals surface area contributed by atoms with Crippen LogP contribution in [-0.4, -0.2) is 36.3 Å². The lowest BCUT2D eigenvalue weighted by atomic mass is 10.1. The van der Waals surface area contributed by atoms with Crippen molar-refractivity contribution in [1.29, 1.82) is 0 Å². The van der Waals surface area contributed by atoms with E-state index in [1.807, 2.05) is 24.4 Å². The van der Waals surface area contributed by atoms with E-state index in [0.717, 1.165) is 42.8 Å². The number of hydrogen-bond donors (Lipinski definition) is 0. The van der Waals surface area contributed by atoms with Crippen LogP contribution in [0.2, 0.25) is 5.02 Å². The summed E-state index contributed by atoms with van der Waals surface area (Å²) in [5.41, 5.74) is 1.72. The van der Waals surface area contributed by atoms with Gasteiger partial charge in [-0.2, -0.15) is 0 Å². The molecule has 0 spiro atoms. The van der Waals surface area contributed by atoms with Gasteiger partial charge in [0.1, 0.15) is 5.82 Å². The maximum Gasteiger partial charge on any atom is 0.147 e. The van der Waals surface area contributed by atoms with Crippen LogP contribution in [0.1, 0.15) is 12.8 Å². The molecule has 0 aliphatic carbocycles. The molecule has 0 atom stereocenters. The van der Waals surface area contributed by atoms with Crippen molar-refractivity contribution >= 4 is 28.5 Å². The molecule has 19 heavy (non-hydrogen) atoms. The molecule has 0 bridgehead atoms. The van der Waals surface area contributed by atoms with E-state index in [0.29, 0.717) is 11.1 Å². The van der Waals surface area contributed by atoms with E-state index in [1.165, 1.54) is 0 Å². The van der Waals surface area contributed by atoms with Crippen LogP contribution < -0.4 is 4.90 Å². The number of rotatable bonds is 2. The molecule has 0 radical (unpaired) electrons. The van der Waals surface area contributed by atoms with Gasteiger partial charge in [0.25, 0.3) is 0 Å². The summed E-state index contributed by atoms with van der Waals surface area (Å²) in [4.78, 5) is 11.4. The first-order chi connectivity index (χ1) is 9.26. The average molecular weight is 278 g/mol. The SMILES string of the molecule is COC1CCN(c2cnc3cc(Cl)ccc3n2)CC1. The standard InChI is InChI=1S/C14H16ClN3O/c1-19-11-4-6-18(7-5-11)14-9-16-13-8-10(15)2-3-12(13)17-14/h2-3,8-9,11H,4-7H2,1H3. The summed E-state index contributed by atoms with van der Waals surface area (Å²) < 4.78 is 5.38. The minimum Gasteiger partial charge on any atom is -0.381 e. The summed E-state index contributed by atoms with van der Waals surface area (Å²) in [6.07, 6.45) is 4.28.